The van der Waals surface area contributed by atoms with Crippen LogP contribution in [0.5, 0.6) is 0 Å². The lowest BCUT2D eigenvalue weighted by Crippen LogP contribution is -2.22. The lowest BCUT2D eigenvalue weighted by Gasteiger charge is -2.14. The van der Waals surface area contributed by atoms with Crippen molar-refractivity contribution in [2.24, 2.45) is 4.99 Å². The van der Waals surface area contributed by atoms with Crippen LogP contribution in [0.25, 0.3) is 11.3 Å². The van der Waals surface area contributed by atoms with Crippen LogP contribution in [0.15, 0.2) is 57.7 Å². The van der Waals surface area contributed by atoms with Crippen molar-refractivity contribution in [3.8, 4) is 11.3 Å². The van der Waals surface area contributed by atoms with Gasteiger partial charge in [0.1, 0.15) is 0 Å². The Hall–Kier alpha value is -2.22. The third-order valence-corrected chi connectivity index (χ3v) is 7.23. The summed E-state index contributed by atoms with van der Waals surface area (Å²) in [6, 6.07) is 13.5. The Labute approximate surface area is 170 Å². The Morgan fingerprint density at radius 1 is 1.11 bits per heavy atom. The molecule has 0 aliphatic carbocycles. The van der Waals surface area contributed by atoms with Gasteiger partial charge in [0.15, 0.2) is 4.80 Å². The lowest BCUT2D eigenvalue weighted by atomic mass is 10.1. The summed E-state index contributed by atoms with van der Waals surface area (Å²) in [5.41, 5.74) is 4.82. The van der Waals surface area contributed by atoms with E-state index in [2.05, 4.69) is 11.5 Å². The molecule has 7 heteroatoms. The van der Waals surface area contributed by atoms with E-state index in [1.165, 1.54) is 4.31 Å². The first kappa shape index (κ1) is 20.5. The van der Waals surface area contributed by atoms with Gasteiger partial charge in [-0.15, -0.1) is 11.3 Å². The molecule has 0 bridgehead atoms. The summed E-state index contributed by atoms with van der Waals surface area (Å²) in [6.07, 6.45) is 0. The van der Waals surface area contributed by atoms with E-state index in [9.17, 15) is 8.42 Å². The van der Waals surface area contributed by atoms with Crippen LogP contribution in [-0.4, -0.2) is 31.4 Å². The van der Waals surface area contributed by atoms with Gasteiger partial charge in [-0.3, -0.25) is 0 Å². The van der Waals surface area contributed by atoms with Crippen LogP contribution in [0.1, 0.15) is 18.1 Å². The molecule has 148 valence electrons. The average molecular weight is 416 g/mol. The molecule has 0 aliphatic rings. The Balaban J connectivity index is 2.18. The van der Waals surface area contributed by atoms with Crippen LogP contribution in [0.4, 0.5) is 5.69 Å². The number of para-hydroxylation sites is 1. The van der Waals surface area contributed by atoms with Crippen LogP contribution >= 0.6 is 11.3 Å². The number of aromatic nitrogens is 1. The quantitative estimate of drug-likeness (QED) is 0.623. The van der Waals surface area contributed by atoms with Crippen molar-refractivity contribution < 1.29 is 8.42 Å². The maximum atomic E-state index is 12.6. The summed E-state index contributed by atoms with van der Waals surface area (Å²) >= 11 is 1.56. The van der Waals surface area contributed by atoms with Gasteiger partial charge in [0, 0.05) is 31.6 Å². The van der Waals surface area contributed by atoms with Gasteiger partial charge < -0.3 is 4.57 Å². The second-order valence-electron chi connectivity index (χ2n) is 6.87. The molecule has 0 aliphatic heterocycles. The highest BCUT2D eigenvalue weighted by atomic mass is 32.2. The van der Waals surface area contributed by atoms with E-state index in [1.807, 2.05) is 49.6 Å². The SMILES string of the molecule is CCn1c(-c2cc(C)cc(S(=O)(=O)N(C)C)c2)cs/c1=N/c1ccccc1C. The number of thiazole rings is 1. The number of benzene rings is 2. The number of nitrogens with zero attached hydrogens (tertiary/aromatic N) is 3. The fourth-order valence-corrected chi connectivity index (χ4v) is 5.02. The second kappa shape index (κ2) is 8.03. The smallest absolute Gasteiger partial charge is 0.242 e. The molecule has 2 aromatic carbocycles. The zero-order chi connectivity index (χ0) is 20.5. The molecule has 0 spiro atoms. The predicted octanol–water partition coefficient (Wildman–Crippen LogP) is 4.34. The molecular weight excluding hydrogens is 390 g/mol. The summed E-state index contributed by atoms with van der Waals surface area (Å²) in [4.78, 5) is 6.03. The third kappa shape index (κ3) is 3.97. The monoisotopic (exact) mass is 415 g/mol. The minimum atomic E-state index is -3.49. The highest BCUT2D eigenvalue weighted by Crippen LogP contribution is 2.27. The van der Waals surface area contributed by atoms with Crippen molar-refractivity contribution in [3.05, 3.63) is 63.8 Å². The Kier molecular flexibility index (Phi) is 5.88. The van der Waals surface area contributed by atoms with Gasteiger partial charge in [0.05, 0.1) is 16.3 Å². The van der Waals surface area contributed by atoms with Crippen LogP contribution < -0.4 is 4.80 Å². The molecule has 0 radical (unpaired) electrons. The minimum absolute atomic E-state index is 0.304. The van der Waals surface area contributed by atoms with Crippen molar-refractivity contribution >= 4 is 27.0 Å². The first-order valence-corrected chi connectivity index (χ1v) is 11.4. The molecular formula is C21H25N3O2S2. The molecule has 0 saturated heterocycles. The fraction of sp³-hybridized carbons (Fsp3) is 0.286. The average Bonchev–Trinajstić information content (AvgIpc) is 3.05. The normalized spacial score (nSPS) is 12.7. The molecule has 0 N–H and O–H groups in total. The molecule has 0 unspecified atom stereocenters. The van der Waals surface area contributed by atoms with Crippen LogP contribution in [0.2, 0.25) is 0 Å². The van der Waals surface area contributed by atoms with Crippen molar-refractivity contribution in [1.82, 2.24) is 8.87 Å². The fourth-order valence-electron chi connectivity index (χ4n) is 3.00. The maximum Gasteiger partial charge on any atom is 0.242 e. The van der Waals surface area contributed by atoms with Crippen LogP contribution in [0.3, 0.4) is 0 Å². The van der Waals surface area contributed by atoms with Crippen LogP contribution in [0, 0.1) is 13.8 Å². The van der Waals surface area contributed by atoms with Crippen molar-refractivity contribution in [2.45, 2.75) is 32.2 Å². The zero-order valence-corrected chi connectivity index (χ0v) is 18.4. The first-order valence-electron chi connectivity index (χ1n) is 9.07. The number of sulfonamides is 1. The van der Waals surface area contributed by atoms with Gasteiger partial charge in [-0.2, -0.15) is 0 Å². The molecule has 1 aromatic heterocycles. The van der Waals surface area contributed by atoms with E-state index in [4.69, 9.17) is 4.99 Å². The Morgan fingerprint density at radius 2 is 1.82 bits per heavy atom. The number of rotatable bonds is 5. The van der Waals surface area contributed by atoms with Crippen molar-refractivity contribution in [2.75, 3.05) is 14.1 Å². The summed E-state index contributed by atoms with van der Waals surface area (Å²) in [6.45, 7) is 6.77. The summed E-state index contributed by atoms with van der Waals surface area (Å²) in [5, 5.41) is 2.04. The summed E-state index contributed by atoms with van der Waals surface area (Å²) < 4.78 is 28.6. The van der Waals surface area contributed by atoms with Crippen molar-refractivity contribution in [1.29, 1.82) is 0 Å². The number of aryl methyl sites for hydroxylation is 2. The number of hydrogen-bond acceptors (Lipinski definition) is 4. The molecule has 0 atom stereocenters. The molecule has 3 rings (SSSR count). The van der Waals surface area contributed by atoms with Gasteiger partial charge in [0.2, 0.25) is 10.0 Å². The molecule has 5 nitrogen and oxygen atoms in total. The zero-order valence-electron chi connectivity index (χ0n) is 16.8. The largest absolute Gasteiger partial charge is 0.317 e. The van der Waals surface area contributed by atoms with E-state index in [-0.39, 0.29) is 0 Å². The summed E-state index contributed by atoms with van der Waals surface area (Å²) in [5.74, 6) is 0. The molecule has 3 aromatic rings. The topological polar surface area (TPSA) is 54.7 Å². The van der Waals surface area contributed by atoms with E-state index in [0.29, 0.717) is 4.90 Å². The maximum absolute atomic E-state index is 12.6. The lowest BCUT2D eigenvalue weighted by molar-refractivity contribution is 0.520. The molecule has 0 fully saturated rings. The van der Waals surface area contributed by atoms with E-state index < -0.39 is 10.0 Å². The number of hydrogen-bond donors (Lipinski definition) is 0. The first-order chi connectivity index (χ1) is 13.2. The highest BCUT2D eigenvalue weighted by molar-refractivity contribution is 7.89. The molecule has 28 heavy (non-hydrogen) atoms. The Morgan fingerprint density at radius 3 is 2.46 bits per heavy atom. The second-order valence-corrected chi connectivity index (χ2v) is 9.86. The minimum Gasteiger partial charge on any atom is -0.317 e. The summed E-state index contributed by atoms with van der Waals surface area (Å²) in [7, 11) is -0.395. The van der Waals surface area contributed by atoms with Gasteiger partial charge in [-0.05, 0) is 56.2 Å². The van der Waals surface area contributed by atoms with E-state index in [0.717, 1.165) is 39.4 Å². The van der Waals surface area contributed by atoms with E-state index >= 15 is 0 Å². The van der Waals surface area contributed by atoms with Gasteiger partial charge in [-0.25, -0.2) is 17.7 Å². The van der Waals surface area contributed by atoms with Gasteiger partial charge >= 0.3 is 0 Å². The molecule has 0 saturated carbocycles. The molecule has 0 amide bonds. The van der Waals surface area contributed by atoms with E-state index in [1.54, 1.807) is 37.6 Å². The standard InChI is InChI=1S/C21H25N3O2S2/c1-6-24-20(14-27-21(24)22-19-10-8-7-9-16(19)3)17-11-15(2)12-18(13-17)28(25,26)23(4)5/h7-14H,6H2,1-5H3/b22-21+. The Bertz CT molecular complexity index is 1170. The van der Waals surface area contributed by atoms with Crippen molar-refractivity contribution in [3.63, 3.8) is 0 Å². The highest BCUT2D eigenvalue weighted by Gasteiger charge is 2.19. The van der Waals surface area contributed by atoms with Crippen LogP contribution in [-0.2, 0) is 16.6 Å². The third-order valence-electron chi connectivity index (χ3n) is 4.57. The van der Waals surface area contributed by atoms with Gasteiger partial charge in [0.25, 0.3) is 0 Å². The predicted molar refractivity (Wildman–Crippen MR) is 115 cm³/mol. The van der Waals surface area contributed by atoms with Gasteiger partial charge in [-0.1, -0.05) is 18.2 Å². The molecule has 1 heterocycles.